The fourth-order valence-electron chi connectivity index (χ4n) is 1.29. The molecule has 0 aliphatic carbocycles. The van der Waals surface area contributed by atoms with Crippen molar-refractivity contribution in [3.05, 3.63) is 0 Å². The fraction of sp³-hybridized carbons (Fsp3) is 0.900. The molecular formula is C10H16F5NO2. The number of aliphatic hydroxyl groups is 1. The monoisotopic (exact) mass is 277 g/mol. The normalized spacial score (nSPS) is 13.6. The molecule has 0 bridgehead atoms. The Balaban J connectivity index is 4.70. The van der Waals surface area contributed by atoms with E-state index in [4.69, 9.17) is 5.11 Å². The molecule has 0 fully saturated rings. The molecule has 0 saturated heterocycles. The van der Waals surface area contributed by atoms with E-state index >= 15 is 0 Å². The largest absolute Gasteiger partial charge is 0.463 e. The summed E-state index contributed by atoms with van der Waals surface area (Å²) in [5, 5.41) is 10.6. The van der Waals surface area contributed by atoms with Crippen LogP contribution in [0.5, 0.6) is 0 Å². The first-order chi connectivity index (χ1) is 8.06. The van der Waals surface area contributed by atoms with E-state index in [2.05, 4.69) is 0 Å². The topological polar surface area (TPSA) is 49.3 Å². The van der Waals surface area contributed by atoms with Crippen LogP contribution in [0.4, 0.5) is 22.0 Å². The van der Waals surface area contributed by atoms with Crippen LogP contribution in [0.25, 0.3) is 0 Å². The number of aliphatic hydroxyl groups excluding tert-OH is 1. The molecule has 0 unspecified atom stereocenters. The average Bonchev–Trinajstić information content (AvgIpc) is 2.29. The van der Waals surface area contributed by atoms with Crippen LogP contribution in [0, 0.1) is 5.41 Å². The Labute approximate surface area is 101 Å². The van der Waals surface area contributed by atoms with E-state index in [0.717, 1.165) is 0 Å². The molecular weight excluding hydrogens is 261 g/mol. The van der Waals surface area contributed by atoms with Crippen LogP contribution in [0.2, 0.25) is 0 Å². The van der Waals surface area contributed by atoms with Crippen molar-refractivity contribution in [2.75, 3.05) is 13.2 Å². The second-order valence-electron chi connectivity index (χ2n) is 4.12. The Morgan fingerprint density at radius 1 is 1.11 bits per heavy atom. The third kappa shape index (κ3) is 3.54. The summed E-state index contributed by atoms with van der Waals surface area (Å²) in [5.41, 5.74) is -0.878. The van der Waals surface area contributed by atoms with Gasteiger partial charge >= 0.3 is 12.1 Å². The molecule has 2 N–H and O–H groups in total. The quantitative estimate of drug-likeness (QED) is 0.730. The molecule has 0 aliphatic rings. The maximum atomic E-state index is 12.6. The van der Waals surface area contributed by atoms with Crippen molar-refractivity contribution in [2.24, 2.45) is 5.41 Å². The molecule has 0 spiro atoms. The molecule has 1 amide bonds. The Kier molecular flexibility index (Phi) is 5.52. The lowest BCUT2D eigenvalue weighted by Gasteiger charge is -2.30. The molecule has 3 nitrogen and oxygen atoms in total. The highest BCUT2D eigenvalue weighted by atomic mass is 19.4. The van der Waals surface area contributed by atoms with E-state index in [0.29, 0.717) is 12.8 Å². The number of hydrogen-bond acceptors (Lipinski definition) is 2. The van der Waals surface area contributed by atoms with E-state index in [1.807, 2.05) is 0 Å². The second-order valence-corrected chi connectivity index (χ2v) is 4.12. The standard InChI is InChI=1S/C10H16F5NO2/c1-3-8(4-2,6-17)5-16-7(18)9(11,12)10(13,14)15/h17H,3-6H2,1-2H3,(H,16,18). The fourth-order valence-corrected chi connectivity index (χ4v) is 1.29. The molecule has 0 aromatic heterocycles. The van der Waals surface area contributed by atoms with Gasteiger partial charge in [0, 0.05) is 12.0 Å². The minimum Gasteiger partial charge on any atom is -0.396 e. The highest BCUT2D eigenvalue weighted by molar-refractivity contribution is 5.84. The van der Waals surface area contributed by atoms with Crippen molar-refractivity contribution in [3.63, 3.8) is 0 Å². The highest BCUT2D eigenvalue weighted by Gasteiger charge is 2.63. The first kappa shape index (κ1) is 17.1. The van der Waals surface area contributed by atoms with Crippen molar-refractivity contribution >= 4 is 5.91 Å². The number of halogens is 5. The van der Waals surface area contributed by atoms with Gasteiger partial charge in [-0.3, -0.25) is 4.79 Å². The van der Waals surface area contributed by atoms with Crippen LogP contribution >= 0.6 is 0 Å². The number of amides is 1. The number of hydrogen-bond donors (Lipinski definition) is 2. The molecule has 108 valence electrons. The number of carbonyl (C=O) groups is 1. The van der Waals surface area contributed by atoms with E-state index in [1.54, 1.807) is 19.2 Å². The summed E-state index contributed by atoms with van der Waals surface area (Å²) >= 11 is 0. The van der Waals surface area contributed by atoms with Crippen LogP contribution in [0.15, 0.2) is 0 Å². The van der Waals surface area contributed by atoms with Crippen molar-refractivity contribution in [2.45, 2.75) is 38.8 Å². The summed E-state index contributed by atoms with van der Waals surface area (Å²) in [6.07, 6.45) is -5.23. The van der Waals surface area contributed by atoms with Crippen molar-refractivity contribution in [1.29, 1.82) is 0 Å². The number of rotatable bonds is 6. The summed E-state index contributed by atoms with van der Waals surface area (Å²) in [7, 11) is 0. The summed E-state index contributed by atoms with van der Waals surface area (Å²) in [5.74, 6) is -7.81. The summed E-state index contributed by atoms with van der Waals surface area (Å²) in [6, 6.07) is 0. The van der Waals surface area contributed by atoms with Gasteiger partial charge in [0.25, 0.3) is 5.91 Å². The van der Waals surface area contributed by atoms with Gasteiger partial charge in [-0.05, 0) is 12.8 Å². The van der Waals surface area contributed by atoms with Gasteiger partial charge in [0.2, 0.25) is 0 Å². The molecule has 8 heteroatoms. The van der Waals surface area contributed by atoms with Crippen LogP contribution in [0.1, 0.15) is 26.7 Å². The molecule has 0 atom stereocenters. The van der Waals surface area contributed by atoms with Crippen molar-refractivity contribution in [3.8, 4) is 0 Å². The summed E-state index contributed by atoms with van der Waals surface area (Å²) < 4.78 is 60.9. The van der Waals surface area contributed by atoms with Gasteiger partial charge in [-0.2, -0.15) is 22.0 Å². The lowest BCUT2D eigenvalue weighted by molar-refractivity contribution is -0.269. The van der Waals surface area contributed by atoms with Gasteiger partial charge in [-0.15, -0.1) is 0 Å². The SMILES string of the molecule is CCC(CC)(CO)CNC(=O)C(F)(F)C(F)(F)F. The van der Waals surface area contributed by atoms with Crippen molar-refractivity contribution < 1.29 is 31.9 Å². The maximum Gasteiger partial charge on any atom is 0.463 e. The van der Waals surface area contributed by atoms with Gasteiger partial charge in [-0.25, -0.2) is 0 Å². The third-order valence-electron chi connectivity index (χ3n) is 3.10. The van der Waals surface area contributed by atoms with Crippen LogP contribution in [0.3, 0.4) is 0 Å². The zero-order valence-electron chi connectivity index (χ0n) is 10.1. The molecule has 0 rings (SSSR count). The van der Waals surface area contributed by atoms with Crippen molar-refractivity contribution in [1.82, 2.24) is 5.32 Å². The number of nitrogens with one attached hydrogen (secondary N) is 1. The predicted octanol–water partition coefficient (Wildman–Crippen LogP) is 2.10. The van der Waals surface area contributed by atoms with Gasteiger partial charge in [0.15, 0.2) is 0 Å². The summed E-state index contributed by atoms with van der Waals surface area (Å²) in [4.78, 5) is 10.8. The lowest BCUT2D eigenvalue weighted by Crippen LogP contribution is -2.52. The zero-order chi connectivity index (χ0) is 14.6. The molecule has 0 radical (unpaired) electrons. The molecule has 18 heavy (non-hydrogen) atoms. The Morgan fingerprint density at radius 3 is 1.83 bits per heavy atom. The number of alkyl halides is 5. The minimum absolute atomic E-state index is 0.345. The lowest BCUT2D eigenvalue weighted by atomic mass is 9.83. The maximum absolute atomic E-state index is 12.6. The third-order valence-corrected chi connectivity index (χ3v) is 3.10. The highest BCUT2D eigenvalue weighted by Crippen LogP contribution is 2.35. The van der Waals surface area contributed by atoms with Crippen LogP contribution in [-0.4, -0.2) is 36.3 Å². The zero-order valence-corrected chi connectivity index (χ0v) is 10.1. The molecule has 0 heterocycles. The van der Waals surface area contributed by atoms with Gasteiger partial charge in [0.1, 0.15) is 0 Å². The summed E-state index contributed by atoms with van der Waals surface area (Å²) in [6.45, 7) is 2.46. The van der Waals surface area contributed by atoms with E-state index in [1.165, 1.54) is 0 Å². The Morgan fingerprint density at radius 2 is 1.56 bits per heavy atom. The first-order valence-electron chi connectivity index (χ1n) is 5.40. The molecule has 0 saturated carbocycles. The predicted molar refractivity (Wildman–Crippen MR) is 54.1 cm³/mol. The number of carbonyl (C=O) groups excluding carboxylic acids is 1. The van der Waals surface area contributed by atoms with Gasteiger partial charge in [0.05, 0.1) is 6.61 Å². The van der Waals surface area contributed by atoms with Gasteiger partial charge < -0.3 is 10.4 Å². The minimum atomic E-state index is -5.92. The van der Waals surface area contributed by atoms with Crippen LogP contribution < -0.4 is 5.32 Å². The molecule has 0 aromatic rings. The van der Waals surface area contributed by atoms with E-state index in [9.17, 15) is 26.7 Å². The molecule has 0 aromatic carbocycles. The van der Waals surface area contributed by atoms with E-state index < -0.39 is 36.6 Å². The van der Waals surface area contributed by atoms with Crippen LogP contribution in [-0.2, 0) is 4.79 Å². The van der Waals surface area contributed by atoms with Gasteiger partial charge in [-0.1, -0.05) is 13.8 Å². The molecule has 0 aliphatic heterocycles. The van der Waals surface area contributed by atoms with E-state index in [-0.39, 0.29) is 0 Å². The average molecular weight is 277 g/mol. The second kappa shape index (κ2) is 5.81. The first-order valence-corrected chi connectivity index (χ1v) is 5.40. The Bertz CT molecular complexity index is 278. The Hall–Kier alpha value is -0.920. The smallest absolute Gasteiger partial charge is 0.396 e.